The molecular formula is C20H23NO8. The molecule has 0 saturated heterocycles. The Bertz CT molecular complexity index is 879. The number of benzene rings is 2. The van der Waals surface area contributed by atoms with E-state index in [0.29, 0.717) is 11.3 Å². The van der Waals surface area contributed by atoms with Gasteiger partial charge in [0.25, 0.3) is 0 Å². The minimum atomic E-state index is -1.19. The normalized spacial score (nSPS) is 11.7. The maximum absolute atomic E-state index is 12.3. The van der Waals surface area contributed by atoms with E-state index < -0.39 is 23.5 Å². The fourth-order valence-corrected chi connectivity index (χ4v) is 2.60. The molecule has 0 saturated carbocycles. The van der Waals surface area contributed by atoms with Crippen LogP contribution in [0, 0.1) is 0 Å². The number of phenolic OH excluding ortho intramolecular Hbond substituents is 3. The summed E-state index contributed by atoms with van der Waals surface area (Å²) in [6.45, 7) is -0.144. The molecule has 0 aliphatic carbocycles. The third-order valence-corrected chi connectivity index (χ3v) is 4.34. The van der Waals surface area contributed by atoms with Crippen LogP contribution in [0.5, 0.6) is 28.7 Å². The molecule has 2 rings (SSSR count). The number of carboxylic acid groups (broad SMARTS) is 1. The summed E-state index contributed by atoms with van der Waals surface area (Å²) in [5, 5.41) is 39.1. The van der Waals surface area contributed by atoms with Crippen molar-refractivity contribution in [2.24, 2.45) is 5.73 Å². The van der Waals surface area contributed by atoms with Gasteiger partial charge in [-0.25, -0.2) is 0 Å². The Labute approximate surface area is 166 Å². The van der Waals surface area contributed by atoms with Gasteiger partial charge in [0.1, 0.15) is 17.5 Å². The van der Waals surface area contributed by atoms with Crippen LogP contribution in [0.25, 0.3) is 0 Å². The Balaban J connectivity index is 2.04. The van der Waals surface area contributed by atoms with Crippen LogP contribution in [0.15, 0.2) is 30.3 Å². The lowest BCUT2D eigenvalue weighted by Gasteiger charge is -2.14. The number of hydrogen-bond acceptors (Lipinski definition) is 8. The summed E-state index contributed by atoms with van der Waals surface area (Å²) in [4.78, 5) is 23.0. The number of Topliss-reactive ketones (excluding diaryl/α,β-unsaturated/α-hetero) is 1. The fraction of sp³-hybridized carbons (Fsp3) is 0.300. The van der Waals surface area contributed by atoms with Crippen LogP contribution in [0.1, 0.15) is 28.8 Å². The Morgan fingerprint density at radius 3 is 2.34 bits per heavy atom. The van der Waals surface area contributed by atoms with Crippen molar-refractivity contribution in [3.05, 3.63) is 41.5 Å². The third-order valence-electron chi connectivity index (χ3n) is 4.34. The van der Waals surface area contributed by atoms with Crippen LogP contribution < -0.4 is 15.2 Å². The Morgan fingerprint density at radius 2 is 1.76 bits per heavy atom. The lowest BCUT2D eigenvalue weighted by Crippen LogP contribution is -2.31. The number of methoxy groups -OCH3 is 1. The molecule has 29 heavy (non-hydrogen) atoms. The highest BCUT2D eigenvalue weighted by atomic mass is 16.5. The minimum absolute atomic E-state index is 0.000973. The molecule has 0 amide bonds. The molecule has 156 valence electrons. The maximum Gasteiger partial charge on any atom is 0.320 e. The van der Waals surface area contributed by atoms with Crippen LogP contribution >= 0.6 is 0 Å². The zero-order valence-electron chi connectivity index (χ0n) is 15.8. The molecular weight excluding hydrogens is 382 g/mol. The van der Waals surface area contributed by atoms with Crippen molar-refractivity contribution in [1.82, 2.24) is 0 Å². The van der Waals surface area contributed by atoms with E-state index in [-0.39, 0.29) is 48.7 Å². The molecule has 0 heterocycles. The van der Waals surface area contributed by atoms with E-state index in [1.54, 1.807) is 24.3 Å². The number of hydrogen-bond donors (Lipinski definition) is 5. The van der Waals surface area contributed by atoms with Crippen LogP contribution in [-0.4, -0.2) is 51.9 Å². The zero-order valence-corrected chi connectivity index (χ0v) is 15.8. The second-order valence-electron chi connectivity index (χ2n) is 6.30. The molecule has 0 bridgehead atoms. The van der Waals surface area contributed by atoms with Crippen molar-refractivity contribution in [1.29, 1.82) is 0 Å². The highest BCUT2D eigenvalue weighted by Crippen LogP contribution is 2.44. The van der Waals surface area contributed by atoms with Gasteiger partial charge < -0.3 is 35.6 Å². The van der Waals surface area contributed by atoms with Gasteiger partial charge in [0.05, 0.1) is 13.7 Å². The number of ether oxygens (including phenoxy) is 2. The van der Waals surface area contributed by atoms with Gasteiger partial charge in [0.15, 0.2) is 17.3 Å². The zero-order chi connectivity index (χ0) is 21.6. The first-order valence-corrected chi connectivity index (χ1v) is 8.79. The molecule has 0 aliphatic rings. The van der Waals surface area contributed by atoms with Crippen molar-refractivity contribution in [2.45, 2.75) is 25.3 Å². The van der Waals surface area contributed by atoms with Gasteiger partial charge in [-0.1, -0.05) is 0 Å². The first-order chi connectivity index (χ1) is 13.7. The SMILES string of the molecule is COc1ccc(C(=O)CCc2c(O)cc(OCCC(N)C(=O)O)c(O)c2O)cc1. The average Bonchev–Trinajstić information content (AvgIpc) is 2.71. The van der Waals surface area contributed by atoms with Crippen LogP contribution in [0.4, 0.5) is 0 Å². The van der Waals surface area contributed by atoms with Gasteiger partial charge in [0, 0.05) is 30.0 Å². The van der Waals surface area contributed by atoms with Crippen molar-refractivity contribution >= 4 is 11.8 Å². The summed E-state index contributed by atoms with van der Waals surface area (Å²) in [7, 11) is 1.52. The second-order valence-corrected chi connectivity index (χ2v) is 6.30. The summed E-state index contributed by atoms with van der Waals surface area (Å²) in [6, 6.07) is 6.47. The molecule has 6 N–H and O–H groups in total. The topological polar surface area (TPSA) is 160 Å². The van der Waals surface area contributed by atoms with E-state index in [9.17, 15) is 24.9 Å². The molecule has 0 fully saturated rings. The highest BCUT2D eigenvalue weighted by molar-refractivity contribution is 5.96. The quantitative estimate of drug-likeness (QED) is 0.226. The Hall–Kier alpha value is -3.46. The van der Waals surface area contributed by atoms with Gasteiger partial charge >= 0.3 is 5.97 Å². The van der Waals surface area contributed by atoms with E-state index in [4.69, 9.17) is 20.3 Å². The average molecular weight is 405 g/mol. The molecule has 1 unspecified atom stereocenters. The van der Waals surface area contributed by atoms with Gasteiger partial charge in [-0.2, -0.15) is 0 Å². The lowest BCUT2D eigenvalue weighted by atomic mass is 10.0. The van der Waals surface area contributed by atoms with Gasteiger partial charge in [-0.3, -0.25) is 9.59 Å². The fourth-order valence-electron chi connectivity index (χ4n) is 2.60. The molecule has 0 aliphatic heterocycles. The standard InChI is InChI=1S/C20H23NO8/c1-28-12-4-2-11(3-5-12)15(22)7-6-13-16(23)10-17(19(25)18(13)24)29-9-8-14(21)20(26)27/h2-5,10,14,23-25H,6-9,21H2,1H3,(H,26,27). The Morgan fingerprint density at radius 1 is 1.10 bits per heavy atom. The first-order valence-electron chi connectivity index (χ1n) is 8.79. The minimum Gasteiger partial charge on any atom is -0.507 e. The molecule has 0 radical (unpaired) electrons. The van der Waals surface area contributed by atoms with Crippen molar-refractivity contribution < 1.29 is 39.5 Å². The summed E-state index contributed by atoms with van der Waals surface area (Å²) in [5.74, 6) is -2.59. The van der Waals surface area contributed by atoms with Crippen LogP contribution in [0.2, 0.25) is 0 Å². The third kappa shape index (κ3) is 5.52. The molecule has 2 aromatic carbocycles. The van der Waals surface area contributed by atoms with E-state index in [1.807, 2.05) is 0 Å². The molecule has 0 aromatic heterocycles. The summed E-state index contributed by atoms with van der Waals surface area (Å²) in [5.41, 5.74) is 5.80. The number of phenols is 3. The number of aliphatic carboxylic acids is 1. The number of carbonyl (C=O) groups excluding carboxylic acids is 1. The highest BCUT2D eigenvalue weighted by Gasteiger charge is 2.20. The molecule has 2 aromatic rings. The van der Waals surface area contributed by atoms with Crippen LogP contribution in [-0.2, 0) is 11.2 Å². The summed E-state index contributed by atoms with van der Waals surface area (Å²) < 4.78 is 10.2. The van der Waals surface area contributed by atoms with E-state index in [1.165, 1.54) is 7.11 Å². The Kier molecular flexibility index (Phi) is 7.27. The van der Waals surface area contributed by atoms with Gasteiger partial charge in [-0.15, -0.1) is 0 Å². The number of ketones is 1. The first kappa shape index (κ1) is 21.8. The lowest BCUT2D eigenvalue weighted by molar-refractivity contribution is -0.138. The number of aromatic hydroxyl groups is 3. The number of nitrogens with two attached hydrogens (primary N) is 1. The maximum atomic E-state index is 12.3. The van der Waals surface area contributed by atoms with Gasteiger partial charge in [-0.05, 0) is 30.7 Å². The van der Waals surface area contributed by atoms with Crippen molar-refractivity contribution in [2.75, 3.05) is 13.7 Å². The van der Waals surface area contributed by atoms with Crippen molar-refractivity contribution in [3.63, 3.8) is 0 Å². The van der Waals surface area contributed by atoms with E-state index in [2.05, 4.69) is 0 Å². The smallest absolute Gasteiger partial charge is 0.320 e. The van der Waals surface area contributed by atoms with Gasteiger partial charge in [0.2, 0.25) is 5.75 Å². The molecule has 9 heteroatoms. The number of carbonyl (C=O) groups is 2. The number of rotatable bonds is 10. The predicted octanol–water partition coefficient (Wildman–Crippen LogP) is 1.81. The predicted molar refractivity (Wildman–Crippen MR) is 103 cm³/mol. The van der Waals surface area contributed by atoms with Crippen molar-refractivity contribution in [3.8, 4) is 28.7 Å². The molecule has 0 spiro atoms. The summed E-state index contributed by atoms with van der Waals surface area (Å²) >= 11 is 0. The van der Waals surface area contributed by atoms with Crippen LogP contribution in [0.3, 0.4) is 0 Å². The van der Waals surface area contributed by atoms with E-state index in [0.717, 1.165) is 6.07 Å². The molecule has 9 nitrogen and oxygen atoms in total. The summed E-state index contributed by atoms with van der Waals surface area (Å²) in [6.07, 6.45) is -0.0603. The van der Waals surface area contributed by atoms with E-state index >= 15 is 0 Å². The monoisotopic (exact) mass is 405 g/mol. The number of carboxylic acids is 1. The largest absolute Gasteiger partial charge is 0.507 e. The molecule has 1 atom stereocenters. The second kappa shape index (κ2) is 9.65.